The van der Waals surface area contributed by atoms with Crippen molar-refractivity contribution < 1.29 is 4.74 Å². The third-order valence-corrected chi connectivity index (χ3v) is 5.27. The molecule has 4 nitrogen and oxygen atoms in total. The van der Waals surface area contributed by atoms with Crippen LogP contribution in [0.4, 0.5) is 5.13 Å². The fourth-order valence-electron chi connectivity index (χ4n) is 2.58. The van der Waals surface area contributed by atoms with E-state index in [-0.39, 0.29) is 0 Å². The van der Waals surface area contributed by atoms with Gasteiger partial charge in [-0.2, -0.15) is 0 Å². The zero-order chi connectivity index (χ0) is 14.1. The van der Waals surface area contributed by atoms with Gasteiger partial charge in [0.25, 0.3) is 0 Å². The summed E-state index contributed by atoms with van der Waals surface area (Å²) in [5, 5.41) is 4.70. The molecular formula is C15H25N3OS. The molecule has 2 fully saturated rings. The monoisotopic (exact) mass is 295 g/mol. The number of thiazole rings is 1. The molecule has 2 aliphatic rings. The van der Waals surface area contributed by atoms with Crippen LogP contribution >= 0.6 is 11.3 Å². The summed E-state index contributed by atoms with van der Waals surface area (Å²) in [6, 6.07) is 1.02. The first-order valence-electron chi connectivity index (χ1n) is 7.68. The number of aromatic nitrogens is 1. The van der Waals surface area contributed by atoms with E-state index in [4.69, 9.17) is 9.72 Å². The Morgan fingerprint density at radius 1 is 1.40 bits per heavy atom. The van der Waals surface area contributed by atoms with Crippen molar-refractivity contribution in [3.8, 4) is 0 Å². The quantitative estimate of drug-likeness (QED) is 0.875. The Bertz CT molecular complexity index is 450. The Kier molecular flexibility index (Phi) is 4.29. The second-order valence-corrected chi connectivity index (χ2v) is 7.31. The number of nitrogens with one attached hydrogen (secondary N) is 1. The molecule has 3 rings (SSSR count). The molecule has 1 aromatic rings. The molecule has 1 saturated carbocycles. The molecule has 0 spiro atoms. The largest absolute Gasteiger partial charge is 0.379 e. The minimum absolute atomic E-state index is 0.499. The molecule has 0 bridgehead atoms. The number of anilines is 1. The third kappa shape index (κ3) is 3.15. The zero-order valence-electron chi connectivity index (χ0n) is 12.7. The van der Waals surface area contributed by atoms with Crippen molar-refractivity contribution in [3.63, 3.8) is 0 Å². The van der Waals surface area contributed by atoms with Gasteiger partial charge in [-0.3, -0.25) is 0 Å². The second-order valence-electron chi connectivity index (χ2n) is 6.24. The van der Waals surface area contributed by atoms with Crippen molar-refractivity contribution in [1.82, 2.24) is 10.3 Å². The molecular weight excluding hydrogens is 270 g/mol. The highest BCUT2D eigenvalue weighted by Gasteiger charge is 2.31. The molecule has 1 atom stereocenters. The van der Waals surface area contributed by atoms with Crippen molar-refractivity contribution in [2.75, 3.05) is 25.2 Å². The Morgan fingerprint density at radius 3 is 2.80 bits per heavy atom. The zero-order valence-corrected chi connectivity index (χ0v) is 13.5. The first kappa shape index (κ1) is 14.3. The molecule has 0 radical (unpaired) electrons. The molecule has 1 aliphatic carbocycles. The van der Waals surface area contributed by atoms with E-state index in [0.29, 0.717) is 12.1 Å². The summed E-state index contributed by atoms with van der Waals surface area (Å²) in [5.74, 6) is 0.720. The van der Waals surface area contributed by atoms with Gasteiger partial charge in [0, 0.05) is 37.0 Å². The van der Waals surface area contributed by atoms with Crippen LogP contribution in [0.5, 0.6) is 0 Å². The maximum Gasteiger partial charge on any atom is 0.185 e. The molecule has 20 heavy (non-hydrogen) atoms. The minimum Gasteiger partial charge on any atom is -0.379 e. The fourth-order valence-corrected chi connectivity index (χ4v) is 3.71. The van der Waals surface area contributed by atoms with E-state index in [0.717, 1.165) is 32.1 Å². The standard InChI is InChI=1S/C15H25N3OS/c1-10(2)16-8-13-14(11-4-5-11)17-15(20-13)18(3)12-6-7-19-9-12/h10-12,16H,4-9H2,1-3H3. The smallest absolute Gasteiger partial charge is 0.185 e. The first-order valence-corrected chi connectivity index (χ1v) is 8.50. The average molecular weight is 295 g/mol. The lowest BCUT2D eigenvalue weighted by molar-refractivity contribution is 0.193. The van der Waals surface area contributed by atoms with Crippen LogP contribution in [0, 0.1) is 0 Å². The number of ether oxygens (including phenoxy) is 1. The number of hydrogen-bond acceptors (Lipinski definition) is 5. The van der Waals surface area contributed by atoms with E-state index in [1.807, 2.05) is 11.3 Å². The lowest BCUT2D eigenvalue weighted by Crippen LogP contribution is -2.31. The van der Waals surface area contributed by atoms with Gasteiger partial charge in [0.15, 0.2) is 5.13 Å². The third-order valence-electron chi connectivity index (χ3n) is 4.11. The van der Waals surface area contributed by atoms with Crippen LogP contribution in [0.2, 0.25) is 0 Å². The lowest BCUT2D eigenvalue weighted by atomic mass is 10.2. The highest BCUT2D eigenvalue weighted by atomic mass is 32.1. The van der Waals surface area contributed by atoms with Crippen molar-refractivity contribution in [2.45, 2.75) is 57.7 Å². The highest BCUT2D eigenvalue weighted by molar-refractivity contribution is 7.15. The van der Waals surface area contributed by atoms with Gasteiger partial charge < -0.3 is 15.0 Å². The normalized spacial score (nSPS) is 22.7. The maximum absolute atomic E-state index is 5.50. The van der Waals surface area contributed by atoms with Crippen molar-refractivity contribution in [1.29, 1.82) is 0 Å². The molecule has 1 N–H and O–H groups in total. The predicted octanol–water partition coefficient (Wildman–Crippen LogP) is 2.74. The molecule has 0 amide bonds. The summed E-state index contributed by atoms with van der Waals surface area (Å²) in [4.78, 5) is 8.70. The molecule has 0 aromatic carbocycles. The van der Waals surface area contributed by atoms with E-state index < -0.39 is 0 Å². The molecule has 1 unspecified atom stereocenters. The number of hydrogen-bond donors (Lipinski definition) is 1. The molecule has 1 saturated heterocycles. The molecule has 5 heteroatoms. The Hall–Kier alpha value is -0.650. The van der Waals surface area contributed by atoms with Crippen LogP contribution in [0.25, 0.3) is 0 Å². The van der Waals surface area contributed by atoms with Gasteiger partial charge in [-0.25, -0.2) is 4.98 Å². The Balaban J connectivity index is 1.75. The SMILES string of the molecule is CC(C)NCc1sc(N(C)C2CCOC2)nc1C1CC1. The van der Waals surface area contributed by atoms with Gasteiger partial charge >= 0.3 is 0 Å². The van der Waals surface area contributed by atoms with Gasteiger partial charge in [0.05, 0.1) is 18.3 Å². The number of nitrogens with zero attached hydrogens (tertiary/aromatic N) is 2. The van der Waals surface area contributed by atoms with Crippen LogP contribution in [-0.2, 0) is 11.3 Å². The molecule has 1 aromatic heterocycles. The van der Waals surface area contributed by atoms with Gasteiger partial charge in [-0.15, -0.1) is 11.3 Å². The summed E-state index contributed by atoms with van der Waals surface area (Å²) in [6.07, 6.45) is 3.75. The fraction of sp³-hybridized carbons (Fsp3) is 0.800. The van der Waals surface area contributed by atoms with Crippen LogP contribution < -0.4 is 10.2 Å². The van der Waals surface area contributed by atoms with E-state index in [9.17, 15) is 0 Å². The van der Waals surface area contributed by atoms with Crippen molar-refractivity contribution in [2.24, 2.45) is 0 Å². The predicted molar refractivity (Wildman–Crippen MR) is 83.7 cm³/mol. The lowest BCUT2D eigenvalue weighted by Gasteiger charge is -2.21. The van der Waals surface area contributed by atoms with E-state index >= 15 is 0 Å². The van der Waals surface area contributed by atoms with E-state index in [1.165, 1.54) is 28.5 Å². The topological polar surface area (TPSA) is 37.4 Å². The van der Waals surface area contributed by atoms with Gasteiger partial charge in [-0.1, -0.05) is 13.8 Å². The maximum atomic E-state index is 5.50. The molecule has 112 valence electrons. The van der Waals surface area contributed by atoms with Crippen LogP contribution in [-0.4, -0.2) is 37.3 Å². The van der Waals surface area contributed by atoms with E-state index in [2.05, 4.69) is 31.1 Å². The second kappa shape index (κ2) is 6.00. The summed E-state index contributed by atoms with van der Waals surface area (Å²) in [7, 11) is 2.16. The molecule has 2 heterocycles. The van der Waals surface area contributed by atoms with Crippen LogP contribution in [0.3, 0.4) is 0 Å². The molecule has 1 aliphatic heterocycles. The summed E-state index contributed by atoms with van der Waals surface area (Å²) >= 11 is 1.86. The van der Waals surface area contributed by atoms with Crippen molar-refractivity contribution in [3.05, 3.63) is 10.6 Å². The van der Waals surface area contributed by atoms with Gasteiger partial charge in [0.1, 0.15) is 0 Å². The van der Waals surface area contributed by atoms with E-state index in [1.54, 1.807) is 0 Å². The summed E-state index contributed by atoms with van der Waals surface area (Å²) in [6.45, 7) is 7.07. The van der Waals surface area contributed by atoms with Crippen LogP contribution in [0.15, 0.2) is 0 Å². The Morgan fingerprint density at radius 2 is 2.20 bits per heavy atom. The van der Waals surface area contributed by atoms with Gasteiger partial charge in [0.2, 0.25) is 0 Å². The van der Waals surface area contributed by atoms with Crippen molar-refractivity contribution >= 4 is 16.5 Å². The highest BCUT2D eigenvalue weighted by Crippen LogP contribution is 2.44. The summed E-state index contributed by atoms with van der Waals surface area (Å²) in [5.41, 5.74) is 1.35. The number of rotatable bonds is 6. The number of likely N-dealkylation sites (N-methyl/N-ethyl adjacent to an activating group) is 1. The Labute approximate surface area is 125 Å². The first-order chi connectivity index (χ1) is 9.65. The minimum atomic E-state index is 0.499. The van der Waals surface area contributed by atoms with Gasteiger partial charge in [-0.05, 0) is 19.3 Å². The average Bonchev–Trinajstić information content (AvgIpc) is 2.97. The summed E-state index contributed by atoms with van der Waals surface area (Å²) < 4.78 is 5.50. The van der Waals surface area contributed by atoms with Crippen LogP contribution in [0.1, 0.15) is 49.6 Å².